The lowest BCUT2D eigenvalue weighted by atomic mass is 10.1. The first-order chi connectivity index (χ1) is 9.12. The molecule has 1 aromatic rings. The Labute approximate surface area is 118 Å². The van der Waals surface area contributed by atoms with Crippen LogP contribution in [0.5, 0.6) is 0 Å². The van der Waals surface area contributed by atoms with Crippen LogP contribution in [0, 0.1) is 0 Å². The fourth-order valence-electron chi connectivity index (χ4n) is 3.08. The van der Waals surface area contributed by atoms with Gasteiger partial charge in [-0.15, -0.1) is 0 Å². The van der Waals surface area contributed by atoms with E-state index in [9.17, 15) is 9.59 Å². The normalized spacial score (nSPS) is 31.8. The summed E-state index contributed by atoms with van der Waals surface area (Å²) in [5, 5.41) is 1.12. The van der Waals surface area contributed by atoms with E-state index < -0.39 is 17.6 Å². The highest BCUT2D eigenvalue weighted by molar-refractivity contribution is 8.00. The van der Waals surface area contributed by atoms with Crippen molar-refractivity contribution in [2.24, 2.45) is 0 Å². The fourth-order valence-corrected chi connectivity index (χ4v) is 4.72. The summed E-state index contributed by atoms with van der Waals surface area (Å²) in [7, 11) is 0. The maximum absolute atomic E-state index is 12.1. The third-order valence-electron chi connectivity index (χ3n) is 3.83. The second-order valence-electron chi connectivity index (χ2n) is 4.83. The lowest BCUT2D eigenvalue weighted by Gasteiger charge is -2.40. The van der Waals surface area contributed by atoms with Gasteiger partial charge in [-0.2, -0.15) is 0 Å². The van der Waals surface area contributed by atoms with Crippen molar-refractivity contribution in [1.82, 2.24) is 4.98 Å². The molecular weight excluding hydrogens is 288 g/mol. The molecule has 0 radical (unpaired) electrons. The van der Waals surface area contributed by atoms with Crippen molar-refractivity contribution in [3.8, 4) is 0 Å². The molecule has 3 heterocycles. The van der Waals surface area contributed by atoms with E-state index in [1.807, 2.05) is 0 Å². The zero-order chi connectivity index (χ0) is 13.2. The highest BCUT2D eigenvalue weighted by Crippen LogP contribution is 2.55. The minimum absolute atomic E-state index is 0.0429. The summed E-state index contributed by atoms with van der Waals surface area (Å²) in [6, 6.07) is 3.35. The van der Waals surface area contributed by atoms with Crippen LogP contribution in [0.1, 0.15) is 19.3 Å². The van der Waals surface area contributed by atoms with Crippen molar-refractivity contribution in [3.05, 3.63) is 17.3 Å². The van der Waals surface area contributed by atoms with E-state index in [4.69, 9.17) is 16.3 Å². The zero-order valence-electron chi connectivity index (χ0n) is 9.76. The molecule has 5 nitrogen and oxygen atoms in total. The Kier molecular flexibility index (Phi) is 2.21. The molecule has 2 atom stereocenters. The van der Waals surface area contributed by atoms with Gasteiger partial charge in [0.1, 0.15) is 10.2 Å². The Bertz CT molecular complexity index is 623. The average Bonchev–Trinajstić information content (AvgIpc) is 2.87. The molecule has 0 bridgehead atoms. The number of hydrogen-bond donors (Lipinski definition) is 0. The van der Waals surface area contributed by atoms with Gasteiger partial charge >= 0.3 is 11.9 Å². The average molecular weight is 297 g/mol. The molecule has 4 rings (SSSR count). The van der Waals surface area contributed by atoms with Crippen molar-refractivity contribution in [2.75, 3.05) is 4.90 Å². The number of fused-ring (bicyclic) bond motifs is 2. The Morgan fingerprint density at radius 2 is 2.32 bits per heavy atom. The number of ether oxygens (including phenoxy) is 1. The predicted molar refractivity (Wildman–Crippen MR) is 69.1 cm³/mol. The van der Waals surface area contributed by atoms with Crippen LogP contribution in [0.4, 0.5) is 5.69 Å². The molecule has 7 heteroatoms. The number of thioether (sulfide) groups is 1. The monoisotopic (exact) mass is 296 g/mol. The zero-order valence-corrected chi connectivity index (χ0v) is 11.3. The van der Waals surface area contributed by atoms with E-state index in [0.29, 0.717) is 22.3 Å². The number of carbonyl (C=O) groups excluding carboxylic acids is 2. The molecule has 1 aliphatic carbocycles. The van der Waals surface area contributed by atoms with Crippen LogP contribution >= 0.6 is 23.4 Å². The van der Waals surface area contributed by atoms with Gasteiger partial charge in [0.25, 0.3) is 0 Å². The summed E-state index contributed by atoms with van der Waals surface area (Å²) >= 11 is 7.45. The van der Waals surface area contributed by atoms with Crippen molar-refractivity contribution in [3.63, 3.8) is 0 Å². The highest BCUT2D eigenvalue weighted by atomic mass is 35.5. The second kappa shape index (κ2) is 3.64. The predicted octanol–water partition coefficient (Wildman–Crippen LogP) is 1.98. The van der Waals surface area contributed by atoms with Gasteiger partial charge in [-0.25, -0.2) is 9.78 Å². The summed E-state index contributed by atoms with van der Waals surface area (Å²) in [6.07, 6.45) is 2.51. The molecule has 0 aromatic carbocycles. The first-order valence-corrected chi connectivity index (χ1v) is 7.28. The molecule has 0 unspecified atom stereocenters. The maximum Gasteiger partial charge on any atom is 0.399 e. The van der Waals surface area contributed by atoms with Crippen LogP contribution < -0.4 is 4.90 Å². The molecule has 98 valence electrons. The maximum atomic E-state index is 12.1. The van der Waals surface area contributed by atoms with Gasteiger partial charge in [0.15, 0.2) is 0 Å². The number of halogens is 1. The standard InChI is InChI=1S/C12H9ClN2O3S/c13-8-4-3-6-9(14-8)19-7-2-1-5-12(7)15(6)10(16)11(17)18-12/h3-4,7H,1-2,5H2/t7-,12-/m0/s1. The Balaban J connectivity index is 1.95. The van der Waals surface area contributed by atoms with Crippen molar-refractivity contribution < 1.29 is 14.3 Å². The number of rotatable bonds is 0. The molecule has 1 aromatic heterocycles. The van der Waals surface area contributed by atoms with Crippen molar-refractivity contribution >= 4 is 40.9 Å². The van der Waals surface area contributed by atoms with Gasteiger partial charge < -0.3 is 4.74 Å². The van der Waals surface area contributed by atoms with Gasteiger partial charge in [0.05, 0.1) is 10.9 Å². The quantitative estimate of drug-likeness (QED) is 0.416. The molecule has 1 amide bonds. The van der Waals surface area contributed by atoms with Crippen LogP contribution in [0.25, 0.3) is 0 Å². The first-order valence-electron chi connectivity index (χ1n) is 6.02. The Hall–Kier alpha value is -1.27. The first kappa shape index (κ1) is 11.5. The largest absolute Gasteiger partial charge is 0.430 e. The molecule has 0 N–H and O–H groups in total. The minimum atomic E-state index is -0.804. The topological polar surface area (TPSA) is 59.5 Å². The number of hydrogen-bond acceptors (Lipinski definition) is 5. The van der Waals surface area contributed by atoms with E-state index in [1.54, 1.807) is 23.9 Å². The number of aromatic nitrogens is 1. The Morgan fingerprint density at radius 3 is 3.16 bits per heavy atom. The molecule has 3 aliphatic rings. The summed E-state index contributed by atoms with van der Waals surface area (Å²) in [4.78, 5) is 29.5. The highest BCUT2D eigenvalue weighted by Gasteiger charge is 2.63. The van der Waals surface area contributed by atoms with Gasteiger partial charge in [0.2, 0.25) is 5.72 Å². The summed E-state index contributed by atoms with van der Waals surface area (Å²) < 4.78 is 5.43. The van der Waals surface area contributed by atoms with E-state index in [0.717, 1.165) is 12.8 Å². The van der Waals surface area contributed by atoms with Crippen LogP contribution in [-0.2, 0) is 14.3 Å². The molecule has 1 saturated carbocycles. The molecular formula is C12H9ClN2O3S. The lowest BCUT2D eigenvalue weighted by Crippen LogP contribution is -2.53. The van der Waals surface area contributed by atoms with Gasteiger partial charge in [-0.1, -0.05) is 23.4 Å². The van der Waals surface area contributed by atoms with E-state index in [1.165, 1.54) is 4.90 Å². The molecule has 1 spiro atoms. The van der Waals surface area contributed by atoms with Crippen LogP contribution in [0.3, 0.4) is 0 Å². The van der Waals surface area contributed by atoms with Crippen LogP contribution in [-0.4, -0.2) is 27.8 Å². The van der Waals surface area contributed by atoms with Crippen molar-refractivity contribution in [2.45, 2.75) is 35.3 Å². The fraction of sp³-hybridized carbons (Fsp3) is 0.417. The number of pyridine rings is 1. The van der Waals surface area contributed by atoms with E-state index >= 15 is 0 Å². The van der Waals surface area contributed by atoms with E-state index in [-0.39, 0.29) is 5.25 Å². The van der Waals surface area contributed by atoms with Crippen LogP contribution in [0.15, 0.2) is 17.2 Å². The summed E-state index contributed by atoms with van der Waals surface area (Å²) in [5.41, 5.74) is -0.176. The van der Waals surface area contributed by atoms with Crippen LogP contribution in [0.2, 0.25) is 5.15 Å². The second-order valence-corrected chi connectivity index (χ2v) is 6.41. The van der Waals surface area contributed by atoms with Gasteiger partial charge in [-0.05, 0) is 25.0 Å². The lowest BCUT2D eigenvalue weighted by molar-refractivity contribution is -0.152. The van der Waals surface area contributed by atoms with Gasteiger partial charge in [-0.3, -0.25) is 9.69 Å². The molecule has 19 heavy (non-hydrogen) atoms. The van der Waals surface area contributed by atoms with E-state index in [2.05, 4.69) is 4.98 Å². The number of nitrogens with zero attached hydrogens (tertiary/aromatic N) is 2. The summed E-state index contributed by atoms with van der Waals surface area (Å²) in [5.74, 6) is -1.37. The number of esters is 1. The van der Waals surface area contributed by atoms with Crippen molar-refractivity contribution in [1.29, 1.82) is 0 Å². The smallest absolute Gasteiger partial charge is 0.399 e. The molecule has 2 aliphatic heterocycles. The number of carbonyl (C=O) groups is 2. The summed E-state index contributed by atoms with van der Waals surface area (Å²) in [6.45, 7) is 0. The SMILES string of the molecule is O=C1O[C@@]23CCC[C@@H]2Sc2nc(Cl)ccc2N3C1=O. The number of anilines is 1. The Morgan fingerprint density at radius 1 is 1.47 bits per heavy atom. The number of amides is 1. The third-order valence-corrected chi connectivity index (χ3v) is 5.45. The molecule has 1 saturated heterocycles. The molecule has 2 fully saturated rings. The third kappa shape index (κ3) is 1.36. The van der Waals surface area contributed by atoms with Gasteiger partial charge in [0, 0.05) is 6.42 Å². The minimum Gasteiger partial charge on any atom is -0.430 e.